The maximum absolute atomic E-state index is 12.5. The van der Waals surface area contributed by atoms with Gasteiger partial charge >= 0.3 is 0 Å². The van der Waals surface area contributed by atoms with Crippen LogP contribution in [0.3, 0.4) is 0 Å². The molecule has 0 N–H and O–H groups in total. The van der Waals surface area contributed by atoms with E-state index in [9.17, 15) is 10.1 Å². The minimum atomic E-state index is -0.0782. The Morgan fingerprint density at radius 1 is 1.23 bits per heavy atom. The maximum atomic E-state index is 12.5. The van der Waals surface area contributed by atoms with Crippen molar-refractivity contribution in [1.82, 2.24) is 9.55 Å². The predicted molar refractivity (Wildman–Crippen MR) is 123 cm³/mol. The average molecular weight is 417 g/mol. The van der Waals surface area contributed by atoms with E-state index < -0.39 is 0 Å². The fraction of sp³-hybridized carbons (Fsp3) is 0.400. The molecular formula is C25H28N4O2. The van der Waals surface area contributed by atoms with E-state index in [1.54, 1.807) is 29.8 Å². The average Bonchev–Trinajstić information content (AvgIpc) is 2.77. The van der Waals surface area contributed by atoms with Crippen LogP contribution in [0.4, 0.5) is 5.69 Å². The molecule has 1 saturated heterocycles. The Kier molecular flexibility index (Phi) is 5.69. The standard InChI is InChI=1S/C25H28N4O2/c1-16(2)18-6-5-7-20(12-18)31-23-10-11-29(15-17(23)3)22-13-24(30)28(4)21-9-8-19(14-26)27-25(21)22/h5-9,12-13,16-17,23H,10-11,15H2,1-4H3/t17-,23-/m0/s1. The van der Waals surface area contributed by atoms with Crippen molar-refractivity contribution in [3.63, 3.8) is 0 Å². The molecule has 6 heteroatoms. The van der Waals surface area contributed by atoms with Crippen molar-refractivity contribution in [3.05, 3.63) is 64.1 Å². The topological polar surface area (TPSA) is 71.2 Å². The molecule has 0 aliphatic carbocycles. The lowest BCUT2D eigenvalue weighted by Crippen LogP contribution is -2.45. The quantitative estimate of drug-likeness (QED) is 0.637. The molecule has 0 unspecified atom stereocenters. The molecule has 160 valence electrons. The number of nitriles is 1. The lowest BCUT2D eigenvalue weighted by Gasteiger charge is -2.38. The van der Waals surface area contributed by atoms with Gasteiger partial charge in [-0.3, -0.25) is 4.79 Å². The Hall–Kier alpha value is -3.33. The second-order valence-corrected chi connectivity index (χ2v) is 8.70. The third-order valence-electron chi connectivity index (χ3n) is 6.16. The first-order valence-electron chi connectivity index (χ1n) is 10.8. The third kappa shape index (κ3) is 4.13. The number of aromatic nitrogens is 2. The molecule has 0 amide bonds. The molecule has 2 atom stereocenters. The van der Waals surface area contributed by atoms with Gasteiger partial charge in [0.25, 0.3) is 5.56 Å². The van der Waals surface area contributed by atoms with E-state index in [-0.39, 0.29) is 17.6 Å². The van der Waals surface area contributed by atoms with E-state index in [4.69, 9.17) is 4.74 Å². The van der Waals surface area contributed by atoms with Gasteiger partial charge in [0.15, 0.2) is 0 Å². The van der Waals surface area contributed by atoms with Crippen LogP contribution in [0, 0.1) is 17.2 Å². The maximum Gasteiger partial charge on any atom is 0.252 e. The molecule has 3 heterocycles. The van der Waals surface area contributed by atoms with Gasteiger partial charge in [-0.1, -0.05) is 32.9 Å². The van der Waals surface area contributed by atoms with Gasteiger partial charge in [0.05, 0.1) is 11.2 Å². The molecule has 3 aromatic rings. The normalized spacial score (nSPS) is 18.9. The lowest BCUT2D eigenvalue weighted by atomic mass is 9.95. The molecule has 6 nitrogen and oxygen atoms in total. The molecular weight excluding hydrogens is 388 g/mol. The van der Waals surface area contributed by atoms with Gasteiger partial charge in [-0.05, 0) is 35.7 Å². The fourth-order valence-electron chi connectivity index (χ4n) is 4.25. The molecule has 2 aromatic heterocycles. The third-order valence-corrected chi connectivity index (χ3v) is 6.16. The number of hydrogen-bond acceptors (Lipinski definition) is 5. The summed E-state index contributed by atoms with van der Waals surface area (Å²) >= 11 is 0. The fourth-order valence-corrected chi connectivity index (χ4v) is 4.25. The minimum Gasteiger partial charge on any atom is -0.490 e. The molecule has 4 rings (SSSR count). The molecule has 1 aromatic carbocycles. The zero-order valence-electron chi connectivity index (χ0n) is 18.5. The number of ether oxygens (including phenoxy) is 1. The van der Waals surface area contributed by atoms with Crippen LogP contribution in [0.15, 0.2) is 47.3 Å². The van der Waals surface area contributed by atoms with E-state index in [0.717, 1.165) is 36.5 Å². The van der Waals surface area contributed by atoms with Gasteiger partial charge in [0.2, 0.25) is 0 Å². The molecule has 31 heavy (non-hydrogen) atoms. The van der Waals surface area contributed by atoms with Gasteiger partial charge in [-0.15, -0.1) is 0 Å². The molecule has 0 saturated carbocycles. The number of fused-ring (bicyclic) bond motifs is 1. The first kappa shape index (κ1) is 20.9. The van der Waals surface area contributed by atoms with Gasteiger partial charge < -0.3 is 14.2 Å². The molecule has 1 aliphatic rings. The highest BCUT2D eigenvalue weighted by Crippen LogP contribution is 2.30. The monoisotopic (exact) mass is 416 g/mol. The number of aryl methyl sites for hydroxylation is 1. The summed E-state index contributed by atoms with van der Waals surface area (Å²) in [6, 6.07) is 15.5. The SMILES string of the molecule is CC(C)c1cccc(O[C@H]2CCN(c3cc(=O)n(C)c4ccc(C#N)nc34)C[C@@H]2C)c1. The van der Waals surface area contributed by atoms with E-state index in [2.05, 4.69) is 54.9 Å². The van der Waals surface area contributed by atoms with Crippen molar-refractivity contribution in [3.8, 4) is 11.8 Å². The Bertz CT molecular complexity index is 1210. The summed E-state index contributed by atoms with van der Waals surface area (Å²) in [5.41, 5.74) is 3.76. The highest BCUT2D eigenvalue weighted by molar-refractivity contribution is 5.88. The molecule has 1 aliphatic heterocycles. The van der Waals surface area contributed by atoms with Gasteiger partial charge in [-0.2, -0.15) is 5.26 Å². The number of anilines is 1. The van der Waals surface area contributed by atoms with Crippen molar-refractivity contribution >= 4 is 16.7 Å². The summed E-state index contributed by atoms with van der Waals surface area (Å²) in [6.45, 7) is 8.07. The van der Waals surface area contributed by atoms with Gasteiger partial charge in [0.1, 0.15) is 29.1 Å². The number of rotatable bonds is 4. The van der Waals surface area contributed by atoms with Crippen LogP contribution in [0.5, 0.6) is 5.75 Å². The number of benzene rings is 1. The van der Waals surface area contributed by atoms with E-state index in [1.807, 2.05) is 6.07 Å². The number of piperidine rings is 1. The zero-order valence-corrected chi connectivity index (χ0v) is 18.5. The number of nitrogens with zero attached hydrogens (tertiary/aromatic N) is 4. The summed E-state index contributed by atoms with van der Waals surface area (Å²) < 4.78 is 7.94. The van der Waals surface area contributed by atoms with Crippen LogP contribution in [0.2, 0.25) is 0 Å². The molecule has 1 fully saturated rings. The summed E-state index contributed by atoms with van der Waals surface area (Å²) in [5, 5.41) is 9.28. The minimum absolute atomic E-state index is 0.0782. The van der Waals surface area contributed by atoms with Crippen molar-refractivity contribution in [2.45, 2.75) is 39.2 Å². The van der Waals surface area contributed by atoms with E-state index >= 15 is 0 Å². The summed E-state index contributed by atoms with van der Waals surface area (Å²) in [7, 11) is 1.73. The van der Waals surface area contributed by atoms with Gasteiger partial charge in [0, 0.05) is 38.5 Å². The zero-order chi connectivity index (χ0) is 22.1. The highest BCUT2D eigenvalue weighted by atomic mass is 16.5. The van der Waals surface area contributed by atoms with Gasteiger partial charge in [-0.25, -0.2) is 4.98 Å². The second-order valence-electron chi connectivity index (χ2n) is 8.70. The van der Waals surface area contributed by atoms with Crippen LogP contribution in [-0.4, -0.2) is 28.7 Å². The Morgan fingerprint density at radius 2 is 2.03 bits per heavy atom. The number of pyridine rings is 2. The van der Waals surface area contributed by atoms with Crippen LogP contribution in [0.25, 0.3) is 11.0 Å². The van der Waals surface area contributed by atoms with E-state index in [1.165, 1.54) is 5.56 Å². The first-order chi connectivity index (χ1) is 14.9. The van der Waals surface area contributed by atoms with Crippen molar-refractivity contribution in [1.29, 1.82) is 5.26 Å². The van der Waals surface area contributed by atoms with Crippen molar-refractivity contribution in [2.24, 2.45) is 13.0 Å². The highest BCUT2D eigenvalue weighted by Gasteiger charge is 2.29. The van der Waals surface area contributed by atoms with Crippen LogP contribution in [-0.2, 0) is 7.05 Å². The largest absolute Gasteiger partial charge is 0.490 e. The molecule has 0 bridgehead atoms. The Balaban J connectivity index is 1.59. The molecule has 0 radical (unpaired) electrons. The predicted octanol–water partition coefficient (Wildman–Crippen LogP) is 4.22. The Morgan fingerprint density at radius 3 is 2.74 bits per heavy atom. The van der Waals surface area contributed by atoms with E-state index in [0.29, 0.717) is 17.1 Å². The van der Waals surface area contributed by atoms with Crippen LogP contribution >= 0.6 is 0 Å². The van der Waals surface area contributed by atoms with Crippen molar-refractivity contribution in [2.75, 3.05) is 18.0 Å². The second kappa shape index (κ2) is 8.43. The molecule has 0 spiro atoms. The summed E-state index contributed by atoms with van der Waals surface area (Å²) in [4.78, 5) is 19.3. The Labute approximate surface area is 182 Å². The number of hydrogen-bond donors (Lipinski definition) is 0. The summed E-state index contributed by atoms with van der Waals surface area (Å²) in [6.07, 6.45) is 0.959. The van der Waals surface area contributed by atoms with Crippen LogP contribution < -0.4 is 15.2 Å². The van der Waals surface area contributed by atoms with Crippen molar-refractivity contribution < 1.29 is 4.74 Å². The summed E-state index contributed by atoms with van der Waals surface area (Å²) in [5.74, 6) is 1.65. The smallest absolute Gasteiger partial charge is 0.252 e. The lowest BCUT2D eigenvalue weighted by molar-refractivity contribution is 0.121. The first-order valence-corrected chi connectivity index (χ1v) is 10.8. The van der Waals surface area contributed by atoms with Crippen LogP contribution in [0.1, 0.15) is 44.4 Å².